The summed E-state index contributed by atoms with van der Waals surface area (Å²) in [6, 6.07) is 14.5. The number of nitrogens with one attached hydrogen (secondary N) is 2. The molecule has 0 atom stereocenters. The molecule has 1 aromatic heterocycles. The van der Waals surface area contributed by atoms with Crippen LogP contribution in [0.2, 0.25) is 0 Å². The Balaban J connectivity index is 1.36. The molecule has 3 aromatic rings. The number of carbonyl (C=O) groups excluding carboxylic acids is 1. The lowest BCUT2D eigenvalue weighted by atomic mass is 10.2. The number of carbonyl (C=O) groups is 1. The smallest absolute Gasteiger partial charge is 0.292 e. The molecule has 0 spiro atoms. The first-order valence-corrected chi connectivity index (χ1v) is 9.53. The first-order valence-electron chi connectivity index (χ1n) is 8.72. The summed E-state index contributed by atoms with van der Waals surface area (Å²) in [4.78, 5) is 27.0. The molecule has 2 N–H and O–H groups in total. The van der Waals surface area contributed by atoms with Crippen LogP contribution in [-0.2, 0) is 11.2 Å². The number of benzene rings is 2. The van der Waals surface area contributed by atoms with E-state index in [9.17, 15) is 14.9 Å². The molecule has 1 amide bonds. The lowest BCUT2D eigenvalue weighted by Gasteiger charge is -2.08. The fourth-order valence-corrected chi connectivity index (χ4v) is 3.71. The van der Waals surface area contributed by atoms with Gasteiger partial charge in [-0.3, -0.25) is 14.9 Å². The van der Waals surface area contributed by atoms with Gasteiger partial charge >= 0.3 is 0 Å². The lowest BCUT2D eigenvalue weighted by Crippen LogP contribution is -2.28. The van der Waals surface area contributed by atoms with Crippen LogP contribution in [0.15, 0.2) is 48.5 Å². The summed E-state index contributed by atoms with van der Waals surface area (Å²) in [7, 11) is 0. The number of aryl methyl sites for hydroxylation is 1. The summed E-state index contributed by atoms with van der Waals surface area (Å²) in [5.74, 6) is -0.0273. The predicted octanol–water partition coefficient (Wildman–Crippen LogP) is 3.76. The molecule has 2 aromatic carbocycles. The van der Waals surface area contributed by atoms with Gasteiger partial charge in [0.15, 0.2) is 0 Å². The van der Waals surface area contributed by atoms with Crippen molar-refractivity contribution in [3.8, 4) is 0 Å². The number of aromatic nitrogens is 1. The lowest BCUT2D eigenvalue weighted by molar-refractivity contribution is -0.384. The van der Waals surface area contributed by atoms with Crippen LogP contribution in [0.25, 0.3) is 10.2 Å². The third-order valence-corrected chi connectivity index (χ3v) is 5.09. The zero-order chi connectivity index (χ0) is 19.1. The number of amides is 1. The van der Waals surface area contributed by atoms with Crippen molar-refractivity contribution in [3.05, 3.63) is 63.7 Å². The van der Waals surface area contributed by atoms with Crippen molar-refractivity contribution < 1.29 is 9.72 Å². The van der Waals surface area contributed by atoms with Crippen LogP contribution in [0, 0.1) is 10.1 Å². The molecular formula is C19H20N4O3S. The van der Waals surface area contributed by atoms with Crippen molar-refractivity contribution in [2.45, 2.75) is 19.3 Å². The summed E-state index contributed by atoms with van der Waals surface area (Å²) >= 11 is 1.66. The number of nitrogens with zero attached hydrogens (tertiary/aromatic N) is 2. The number of thiazole rings is 1. The molecule has 140 valence electrons. The second-order valence-corrected chi connectivity index (χ2v) is 7.10. The summed E-state index contributed by atoms with van der Waals surface area (Å²) in [5, 5.41) is 17.8. The summed E-state index contributed by atoms with van der Waals surface area (Å²) in [6.07, 6.45) is 1.95. The van der Waals surface area contributed by atoms with Crippen LogP contribution < -0.4 is 10.6 Å². The Kier molecular flexibility index (Phi) is 6.32. The standard InChI is InChI=1S/C19H20N4O3S/c24-18(10-5-11-19-22-15-7-2-4-9-17(15)27-19)21-13-12-20-14-6-1-3-8-16(14)23(25)26/h1-4,6-9,20H,5,10-13H2,(H,21,24). The number of nitro groups is 1. The Bertz CT molecular complexity index is 908. The number of hydrogen-bond acceptors (Lipinski definition) is 6. The van der Waals surface area contributed by atoms with Crippen LogP contribution in [0.5, 0.6) is 0 Å². The van der Waals surface area contributed by atoms with E-state index in [-0.39, 0.29) is 11.6 Å². The summed E-state index contributed by atoms with van der Waals surface area (Å²) in [5.41, 5.74) is 1.48. The van der Waals surface area contributed by atoms with Gasteiger partial charge in [-0.15, -0.1) is 11.3 Å². The number of rotatable bonds is 9. The van der Waals surface area contributed by atoms with Gasteiger partial charge in [0.05, 0.1) is 20.1 Å². The van der Waals surface area contributed by atoms with E-state index in [4.69, 9.17) is 0 Å². The highest BCUT2D eigenvalue weighted by molar-refractivity contribution is 7.18. The highest BCUT2D eigenvalue weighted by Gasteiger charge is 2.11. The Morgan fingerprint density at radius 1 is 1.11 bits per heavy atom. The molecule has 0 unspecified atom stereocenters. The van der Waals surface area contributed by atoms with Crippen LogP contribution in [-0.4, -0.2) is 28.9 Å². The normalized spacial score (nSPS) is 10.7. The largest absolute Gasteiger partial charge is 0.378 e. The molecule has 27 heavy (non-hydrogen) atoms. The molecule has 8 heteroatoms. The van der Waals surface area contributed by atoms with Gasteiger partial charge in [0.1, 0.15) is 5.69 Å². The maximum Gasteiger partial charge on any atom is 0.292 e. The van der Waals surface area contributed by atoms with E-state index in [1.165, 1.54) is 6.07 Å². The second-order valence-electron chi connectivity index (χ2n) is 5.98. The van der Waals surface area contributed by atoms with E-state index >= 15 is 0 Å². The van der Waals surface area contributed by atoms with Gasteiger partial charge in [-0.2, -0.15) is 0 Å². The fourth-order valence-electron chi connectivity index (χ4n) is 2.70. The number of para-hydroxylation sites is 3. The van der Waals surface area contributed by atoms with E-state index in [2.05, 4.69) is 15.6 Å². The maximum absolute atomic E-state index is 11.9. The number of anilines is 1. The van der Waals surface area contributed by atoms with Crippen LogP contribution >= 0.6 is 11.3 Å². The van der Waals surface area contributed by atoms with E-state index in [0.717, 1.165) is 28.1 Å². The van der Waals surface area contributed by atoms with Crippen LogP contribution in [0.4, 0.5) is 11.4 Å². The molecule has 7 nitrogen and oxygen atoms in total. The molecule has 0 aliphatic carbocycles. The van der Waals surface area contributed by atoms with Gasteiger partial charge in [-0.05, 0) is 31.0 Å². The van der Waals surface area contributed by atoms with Crippen LogP contribution in [0.3, 0.4) is 0 Å². The molecule has 0 aliphatic heterocycles. The summed E-state index contributed by atoms with van der Waals surface area (Å²) < 4.78 is 1.16. The zero-order valence-electron chi connectivity index (χ0n) is 14.7. The van der Waals surface area contributed by atoms with E-state index in [0.29, 0.717) is 25.2 Å². The molecule has 0 aliphatic rings. The third-order valence-electron chi connectivity index (χ3n) is 4.00. The number of hydrogen-bond donors (Lipinski definition) is 2. The highest BCUT2D eigenvalue weighted by atomic mass is 32.1. The summed E-state index contributed by atoms with van der Waals surface area (Å²) in [6.45, 7) is 0.834. The third kappa shape index (κ3) is 5.24. The fraction of sp³-hybridized carbons (Fsp3) is 0.263. The Morgan fingerprint density at radius 2 is 1.89 bits per heavy atom. The molecule has 0 fully saturated rings. The average molecular weight is 384 g/mol. The second kappa shape index (κ2) is 9.09. The molecule has 0 radical (unpaired) electrons. The number of nitro benzene ring substituents is 1. The van der Waals surface area contributed by atoms with Crippen molar-refractivity contribution >= 4 is 38.8 Å². The molecule has 0 bridgehead atoms. The maximum atomic E-state index is 11.9. The minimum absolute atomic E-state index is 0.0273. The van der Waals surface area contributed by atoms with Crippen molar-refractivity contribution in [1.29, 1.82) is 0 Å². The molecule has 3 rings (SSSR count). The van der Waals surface area contributed by atoms with E-state index < -0.39 is 4.92 Å². The first-order chi connectivity index (χ1) is 13.1. The average Bonchev–Trinajstić information content (AvgIpc) is 3.08. The quantitative estimate of drug-likeness (QED) is 0.333. The Hall–Kier alpha value is -3.00. The molecular weight excluding hydrogens is 364 g/mol. The minimum Gasteiger partial charge on any atom is -0.378 e. The van der Waals surface area contributed by atoms with Gasteiger partial charge in [-0.1, -0.05) is 24.3 Å². The van der Waals surface area contributed by atoms with E-state index in [1.54, 1.807) is 29.5 Å². The first kappa shape index (κ1) is 18.8. The zero-order valence-corrected chi connectivity index (χ0v) is 15.5. The SMILES string of the molecule is O=C(CCCc1nc2ccccc2s1)NCCNc1ccccc1[N+](=O)[O-]. The van der Waals surface area contributed by atoms with Gasteiger partial charge in [0.25, 0.3) is 5.69 Å². The molecule has 0 saturated carbocycles. The molecule has 1 heterocycles. The van der Waals surface area contributed by atoms with Crippen molar-refractivity contribution in [2.24, 2.45) is 0 Å². The van der Waals surface area contributed by atoms with Crippen molar-refractivity contribution in [1.82, 2.24) is 10.3 Å². The highest BCUT2D eigenvalue weighted by Crippen LogP contribution is 2.23. The number of fused-ring (bicyclic) bond motifs is 1. The van der Waals surface area contributed by atoms with Gasteiger partial charge in [0, 0.05) is 25.6 Å². The van der Waals surface area contributed by atoms with Gasteiger partial charge in [0.2, 0.25) is 5.91 Å². The molecule has 0 saturated heterocycles. The van der Waals surface area contributed by atoms with Crippen molar-refractivity contribution in [3.63, 3.8) is 0 Å². The Labute approximate surface area is 160 Å². The van der Waals surface area contributed by atoms with E-state index in [1.807, 2.05) is 24.3 Å². The van der Waals surface area contributed by atoms with Gasteiger partial charge < -0.3 is 10.6 Å². The van der Waals surface area contributed by atoms with Gasteiger partial charge in [-0.25, -0.2) is 4.98 Å². The minimum atomic E-state index is -0.428. The Morgan fingerprint density at radius 3 is 2.70 bits per heavy atom. The predicted molar refractivity (Wildman–Crippen MR) is 107 cm³/mol. The topological polar surface area (TPSA) is 97.2 Å². The van der Waals surface area contributed by atoms with Crippen LogP contribution in [0.1, 0.15) is 17.8 Å². The monoisotopic (exact) mass is 384 g/mol. The van der Waals surface area contributed by atoms with Crippen molar-refractivity contribution in [2.75, 3.05) is 18.4 Å².